The van der Waals surface area contributed by atoms with E-state index in [4.69, 9.17) is 9.15 Å². The monoisotopic (exact) mass is 412 g/mol. The molecule has 0 saturated heterocycles. The lowest BCUT2D eigenvalue weighted by molar-refractivity contribution is 0.0970. The fraction of sp³-hybridized carbons (Fsp3) is 0.160. The van der Waals surface area contributed by atoms with E-state index in [1.807, 2.05) is 56.3 Å². The van der Waals surface area contributed by atoms with Gasteiger partial charge in [-0.3, -0.25) is 14.5 Å². The first-order valence-electron chi connectivity index (χ1n) is 9.96. The van der Waals surface area contributed by atoms with Crippen LogP contribution in [0.3, 0.4) is 0 Å². The Morgan fingerprint density at radius 1 is 1.00 bits per heavy atom. The predicted molar refractivity (Wildman–Crippen MR) is 118 cm³/mol. The van der Waals surface area contributed by atoms with Gasteiger partial charge in [0.2, 0.25) is 5.76 Å². The van der Waals surface area contributed by atoms with Gasteiger partial charge in [-0.15, -0.1) is 0 Å². The van der Waals surface area contributed by atoms with Crippen LogP contribution >= 0.6 is 0 Å². The Hall–Kier alpha value is -3.93. The Kier molecular flexibility index (Phi) is 4.36. The van der Waals surface area contributed by atoms with Crippen molar-refractivity contribution in [1.82, 2.24) is 4.98 Å². The van der Waals surface area contributed by atoms with E-state index in [-0.39, 0.29) is 17.1 Å². The summed E-state index contributed by atoms with van der Waals surface area (Å²) in [5, 5.41) is 0.462. The standard InChI is InChI=1S/C25H20N2O4/c1-14-7-12-19-18(13-14)23(28)21-22(16-8-10-17(30-3)11-9-16)27(25(29)24(21)31-19)20-6-4-5-15(2)26-20/h4-13,22H,1-3H3/t22-/m1/s1. The maximum atomic E-state index is 13.6. The maximum Gasteiger partial charge on any atom is 0.296 e. The molecule has 1 amide bonds. The number of methoxy groups -OCH3 is 1. The molecule has 6 heteroatoms. The summed E-state index contributed by atoms with van der Waals surface area (Å²) < 4.78 is 11.3. The summed E-state index contributed by atoms with van der Waals surface area (Å²) in [4.78, 5) is 33.2. The minimum Gasteiger partial charge on any atom is -0.497 e. The number of benzene rings is 2. The number of ether oxygens (including phenoxy) is 1. The smallest absolute Gasteiger partial charge is 0.296 e. The van der Waals surface area contributed by atoms with Crippen LogP contribution in [-0.2, 0) is 0 Å². The zero-order chi connectivity index (χ0) is 21.7. The molecule has 0 spiro atoms. The summed E-state index contributed by atoms with van der Waals surface area (Å²) in [5.41, 5.74) is 3.02. The van der Waals surface area contributed by atoms with Gasteiger partial charge in [-0.05, 0) is 55.8 Å². The number of carbonyl (C=O) groups excluding carboxylic acids is 1. The van der Waals surface area contributed by atoms with E-state index in [0.717, 1.165) is 16.8 Å². The molecule has 1 atom stereocenters. The first kappa shape index (κ1) is 19.1. The van der Waals surface area contributed by atoms with E-state index >= 15 is 0 Å². The van der Waals surface area contributed by atoms with Gasteiger partial charge in [-0.2, -0.15) is 0 Å². The molecular formula is C25H20N2O4. The van der Waals surface area contributed by atoms with Crippen molar-refractivity contribution in [3.05, 3.63) is 99.0 Å². The highest BCUT2D eigenvalue weighted by Gasteiger charge is 2.44. The summed E-state index contributed by atoms with van der Waals surface area (Å²) in [7, 11) is 1.59. The number of amides is 1. The number of aryl methyl sites for hydroxylation is 2. The van der Waals surface area contributed by atoms with Gasteiger partial charge in [0.05, 0.1) is 24.1 Å². The zero-order valence-electron chi connectivity index (χ0n) is 17.4. The van der Waals surface area contributed by atoms with E-state index in [9.17, 15) is 9.59 Å². The summed E-state index contributed by atoms with van der Waals surface area (Å²) in [5.74, 6) is 0.838. The average Bonchev–Trinajstić information content (AvgIpc) is 3.07. The number of hydrogen-bond acceptors (Lipinski definition) is 5. The van der Waals surface area contributed by atoms with Gasteiger partial charge in [0, 0.05) is 5.69 Å². The number of carbonyl (C=O) groups is 1. The van der Waals surface area contributed by atoms with Gasteiger partial charge in [0.25, 0.3) is 5.91 Å². The summed E-state index contributed by atoms with van der Waals surface area (Å²) in [6.07, 6.45) is 0. The summed E-state index contributed by atoms with van der Waals surface area (Å²) in [6, 6.07) is 17.5. The highest BCUT2D eigenvalue weighted by Crippen LogP contribution is 2.41. The third kappa shape index (κ3) is 2.99. The van der Waals surface area contributed by atoms with Crippen LogP contribution in [0, 0.1) is 13.8 Å². The van der Waals surface area contributed by atoms with Gasteiger partial charge < -0.3 is 9.15 Å². The normalized spacial score (nSPS) is 15.4. The van der Waals surface area contributed by atoms with Crippen LogP contribution in [-0.4, -0.2) is 18.0 Å². The molecule has 0 radical (unpaired) electrons. The van der Waals surface area contributed by atoms with E-state index in [0.29, 0.717) is 28.1 Å². The van der Waals surface area contributed by atoms with Crippen LogP contribution < -0.4 is 15.1 Å². The second-order valence-corrected chi connectivity index (χ2v) is 7.66. The van der Waals surface area contributed by atoms with Crippen molar-refractivity contribution >= 4 is 22.7 Å². The Bertz CT molecular complexity index is 1390. The Morgan fingerprint density at radius 2 is 1.77 bits per heavy atom. The number of aromatic nitrogens is 1. The van der Waals surface area contributed by atoms with Crippen molar-refractivity contribution in [2.45, 2.75) is 19.9 Å². The Morgan fingerprint density at radius 3 is 2.48 bits per heavy atom. The average molecular weight is 412 g/mol. The number of anilines is 1. The lowest BCUT2D eigenvalue weighted by Gasteiger charge is -2.24. The molecule has 4 aromatic rings. The number of rotatable bonds is 3. The van der Waals surface area contributed by atoms with Gasteiger partial charge in [-0.25, -0.2) is 4.98 Å². The molecule has 5 rings (SSSR count). The quantitative estimate of drug-likeness (QED) is 0.493. The SMILES string of the molecule is COc1ccc([C@@H]2c3c(oc4ccc(C)cc4c3=O)C(=O)N2c2cccc(C)n2)cc1. The molecule has 2 aromatic carbocycles. The largest absolute Gasteiger partial charge is 0.497 e. The molecule has 0 unspecified atom stereocenters. The van der Waals surface area contributed by atoms with Crippen molar-refractivity contribution < 1.29 is 13.9 Å². The molecule has 6 nitrogen and oxygen atoms in total. The molecule has 0 aliphatic carbocycles. The number of hydrogen-bond donors (Lipinski definition) is 0. The van der Waals surface area contributed by atoms with Crippen LogP contribution in [0.2, 0.25) is 0 Å². The van der Waals surface area contributed by atoms with Crippen molar-refractivity contribution in [3.63, 3.8) is 0 Å². The molecule has 31 heavy (non-hydrogen) atoms. The van der Waals surface area contributed by atoms with Gasteiger partial charge in [0.15, 0.2) is 5.43 Å². The number of nitrogens with zero attached hydrogens (tertiary/aromatic N) is 2. The Labute approximate surface area is 178 Å². The molecule has 154 valence electrons. The minimum absolute atomic E-state index is 0.0606. The minimum atomic E-state index is -0.649. The summed E-state index contributed by atoms with van der Waals surface area (Å²) in [6.45, 7) is 3.78. The molecule has 2 aromatic heterocycles. The molecule has 0 bridgehead atoms. The highest BCUT2D eigenvalue weighted by atomic mass is 16.5. The van der Waals surface area contributed by atoms with E-state index in [1.54, 1.807) is 25.3 Å². The molecule has 0 N–H and O–H groups in total. The van der Waals surface area contributed by atoms with E-state index in [2.05, 4.69) is 4.98 Å². The third-order valence-corrected chi connectivity index (χ3v) is 5.58. The van der Waals surface area contributed by atoms with Crippen LogP contribution in [0.5, 0.6) is 5.75 Å². The third-order valence-electron chi connectivity index (χ3n) is 5.58. The van der Waals surface area contributed by atoms with Crippen LogP contribution in [0.1, 0.15) is 39.0 Å². The predicted octanol–water partition coefficient (Wildman–Crippen LogP) is 4.56. The topological polar surface area (TPSA) is 72.6 Å². The molecule has 3 heterocycles. The second kappa shape index (κ2) is 7.09. The summed E-state index contributed by atoms with van der Waals surface area (Å²) >= 11 is 0. The van der Waals surface area contributed by atoms with Gasteiger partial charge >= 0.3 is 0 Å². The lowest BCUT2D eigenvalue weighted by Crippen LogP contribution is -2.30. The van der Waals surface area contributed by atoms with Gasteiger partial charge in [0.1, 0.15) is 17.2 Å². The molecule has 0 saturated carbocycles. The highest BCUT2D eigenvalue weighted by molar-refractivity contribution is 6.10. The van der Waals surface area contributed by atoms with Gasteiger partial charge in [-0.1, -0.05) is 29.8 Å². The van der Waals surface area contributed by atoms with Crippen molar-refractivity contribution in [3.8, 4) is 5.75 Å². The second-order valence-electron chi connectivity index (χ2n) is 7.66. The van der Waals surface area contributed by atoms with Crippen molar-refractivity contribution in [2.24, 2.45) is 0 Å². The van der Waals surface area contributed by atoms with Crippen molar-refractivity contribution in [1.29, 1.82) is 0 Å². The first-order valence-corrected chi connectivity index (χ1v) is 9.96. The Balaban J connectivity index is 1.80. The molecule has 1 aliphatic heterocycles. The molecule has 0 fully saturated rings. The van der Waals surface area contributed by atoms with Crippen LogP contribution in [0.4, 0.5) is 5.82 Å². The number of pyridine rings is 1. The zero-order valence-corrected chi connectivity index (χ0v) is 17.4. The van der Waals surface area contributed by atoms with Crippen molar-refractivity contribution in [2.75, 3.05) is 12.0 Å². The fourth-order valence-corrected chi connectivity index (χ4v) is 4.09. The molecule has 1 aliphatic rings. The lowest BCUT2D eigenvalue weighted by atomic mass is 9.98. The van der Waals surface area contributed by atoms with Crippen LogP contribution in [0.25, 0.3) is 11.0 Å². The fourth-order valence-electron chi connectivity index (χ4n) is 4.09. The van der Waals surface area contributed by atoms with E-state index in [1.165, 1.54) is 4.90 Å². The molecular weight excluding hydrogens is 392 g/mol. The first-order chi connectivity index (χ1) is 15.0. The maximum absolute atomic E-state index is 13.6. The van der Waals surface area contributed by atoms with E-state index < -0.39 is 6.04 Å². The van der Waals surface area contributed by atoms with Crippen LogP contribution in [0.15, 0.2) is 69.9 Å². The number of fused-ring (bicyclic) bond motifs is 2.